The van der Waals surface area contributed by atoms with Crippen LogP contribution in [0.25, 0.3) is 21.5 Å². The smallest absolute Gasteiger partial charge is 0.312 e. The van der Waals surface area contributed by atoms with Crippen LogP contribution in [0.1, 0.15) is 82.6 Å². The Morgan fingerprint density at radius 1 is 0.591 bits per heavy atom. The summed E-state index contributed by atoms with van der Waals surface area (Å²) >= 11 is 0. The number of fused-ring (bicyclic) bond motifs is 2. The lowest BCUT2D eigenvalue weighted by Gasteiger charge is -2.55. The molecule has 3 aromatic rings. The molecule has 0 N–H and O–H groups in total. The van der Waals surface area contributed by atoms with Gasteiger partial charge >= 0.3 is 11.9 Å². The first kappa shape index (κ1) is 27.4. The van der Waals surface area contributed by atoms with E-state index in [0.717, 1.165) is 38.5 Å². The lowest BCUT2D eigenvalue weighted by atomic mass is 9.49. The van der Waals surface area contributed by atoms with Crippen LogP contribution in [0, 0.1) is 52.3 Å². The van der Waals surface area contributed by atoms with Gasteiger partial charge in [-0.1, -0.05) is 48.5 Å². The van der Waals surface area contributed by atoms with Crippen LogP contribution in [0.15, 0.2) is 54.6 Å². The summed E-state index contributed by atoms with van der Waals surface area (Å²) in [4.78, 5) is 27.8. The van der Waals surface area contributed by atoms with Gasteiger partial charge in [0, 0.05) is 5.92 Å². The molecule has 8 saturated carbocycles. The predicted molar refractivity (Wildman–Crippen MR) is 172 cm³/mol. The maximum absolute atomic E-state index is 13.9. The van der Waals surface area contributed by atoms with Crippen molar-refractivity contribution < 1.29 is 19.1 Å². The average molecular weight is 591 g/mol. The summed E-state index contributed by atoms with van der Waals surface area (Å²) in [7, 11) is 0. The number of hydrogen-bond acceptors (Lipinski definition) is 4. The molecule has 3 aromatic carbocycles. The number of ether oxygens (including phenoxy) is 2. The minimum atomic E-state index is -0.276. The van der Waals surface area contributed by atoms with Crippen LogP contribution in [0.2, 0.25) is 0 Å². The van der Waals surface area contributed by atoms with E-state index >= 15 is 0 Å². The molecule has 0 atom stereocenters. The van der Waals surface area contributed by atoms with E-state index in [1.54, 1.807) is 0 Å². The van der Waals surface area contributed by atoms with E-state index in [1.165, 1.54) is 65.6 Å². The predicted octanol–water partition coefficient (Wildman–Crippen LogP) is 8.67. The fourth-order valence-corrected chi connectivity index (χ4v) is 12.2. The summed E-state index contributed by atoms with van der Waals surface area (Å²) in [5.74, 6) is 4.18. The van der Waals surface area contributed by atoms with Crippen LogP contribution in [0.3, 0.4) is 0 Å². The Bertz CT molecular complexity index is 1430. The van der Waals surface area contributed by atoms with Gasteiger partial charge in [-0.15, -0.1) is 0 Å². The molecule has 230 valence electrons. The highest BCUT2D eigenvalue weighted by Crippen LogP contribution is 2.61. The number of benzene rings is 3. The largest absolute Gasteiger partial charge is 0.465 e. The maximum Gasteiger partial charge on any atom is 0.312 e. The van der Waals surface area contributed by atoms with Gasteiger partial charge in [0.2, 0.25) is 0 Å². The molecular weight excluding hydrogens is 544 g/mol. The Balaban J connectivity index is 0.988. The normalized spacial score (nSPS) is 37.0. The summed E-state index contributed by atoms with van der Waals surface area (Å²) in [6.45, 7) is 0.624. The Kier molecular flexibility index (Phi) is 6.44. The average Bonchev–Trinajstić information content (AvgIpc) is 3.00. The number of carbonyl (C=O) groups excluding carboxylic acids is 2. The van der Waals surface area contributed by atoms with Crippen LogP contribution < -0.4 is 0 Å². The molecule has 0 saturated heterocycles. The molecular formula is C40H46O4. The zero-order valence-electron chi connectivity index (χ0n) is 26.0. The molecule has 0 heterocycles. The summed E-state index contributed by atoms with van der Waals surface area (Å²) in [5.41, 5.74) is 0.711. The number of carbonyl (C=O) groups is 2. The molecule has 0 amide bonds. The van der Waals surface area contributed by atoms with Gasteiger partial charge in [-0.2, -0.15) is 0 Å². The highest BCUT2D eigenvalue weighted by Gasteiger charge is 2.57. The summed E-state index contributed by atoms with van der Waals surface area (Å²) in [6.07, 6.45) is 14.6. The molecule has 4 nitrogen and oxygen atoms in total. The Morgan fingerprint density at radius 3 is 1.34 bits per heavy atom. The Hall–Kier alpha value is -2.88. The summed E-state index contributed by atoms with van der Waals surface area (Å²) in [6, 6.07) is 19.4. The molecule has 11 rings (SSSR count). The third kappa shape index (κ3) is 4.60. The highest BCUT2D eigenvalue weighted by molar-refractivity contribution is 6.02. The zero-order valence-corrected chi connectivity index (χ0v) is 26.0. The quantitative estimate of drug-likeness (QED) is 0.195. The van der Waals surface area contributed by atoms with E-state index in [0.29, 0.717) is 55.1 Å². The molecule has 8 bridgehead atoms. The van der Waals surface area contributed by atoms with Gasteiger partial charge in [-0.25, -0.2) is 0 Å². The van der Waals surface area contributed by atoms with Crippen molar-refractivity contribution in [3.63, 3.8) is 0 Å². The fraction of sp³-hybridized carbons (Fsp3) is 0.600. The molecule has 0 spiro atoms. The van der Waals surface area contributed by atoms with Gasteiger partial charge in [0.05, 0.1) is 24.0 Å². The van der Waals surface area contributed by atoms with Crippen molar-refractivity contribution in [2.45, 2.75) is 83.5 Å². The second-order valence-corrected chi connectivity index (χ2v) is 16.5. The van der Waals surface area contributed by atoms with Crippen molar-refractivity contribution >= 4 is 33.5 Å². The number of rotatable bonds is 8. The summed E-state index contributed by atoms with van der Waals surface area (Å²) < 4.78 is 12.7. The fourth-order valence-electron chi connectivity index (χ4n) is 12.2. The minimum Gasteiger partial charge on any atom is -0.465 e. The highest BCUT2D eigenvalue weighted by atomic mass is 16.5. The first-order chi connectivity index (χ1) is 21.4. The second kappa shape index (κ2) is 10.3. The molecule has 4 heteroatoms. The maximum atomic E-state index is 13.9. The zero-order chi connectivity index (χ0) is 29.5. The van der Waals surface area contributed by atoms with Gasteiger partial charge in [0.25, 0.3) is 0 Å². The van der Waals surface area contributed by atoms with Crippen molar-refractivity contribution in [2.75, 3.05) is 13.2 Å². The van der Waals surface area contributed by atoms with Crippen LogP contribution in [0.5, 0.6) is 0 Å². The third-order valence-corrected chi connectivity index (χ3v) is 13.2. The van der Waals surface area contributed by atoms with E-state index in [2.05, 4.69) is 54.6 Å². The van der Waals surface area contributed by atoms with E-state index in [-0.39, 0.29) is 28.7 Å². The topological polar surface area (TPSA) is 52.6 Å². The second-order valence-electron chi connectivity index (χ2n) is 16.5. The van der Waals surface area contributed by atoms with Crippen molar-refractivity contribution in [2.24, 2.45) is 52.3 Å². The van der Waals surface area contributed by atoms with E-state index in [9.17, 15) is 9.59 Å². The van der Waals surface area contributed by atoms with Crippen LogP contribution >= 0.6 is 0 Å². The van der Waals surface area contributed by atoms with Gasteiger partial charge in [0.15, 0.2) is 0 Å². The van der Waals surface area contributed by atoms with Crippen LogP contribution in [-0.4, -0.2) is 25.2 Å². The van der Waals surface area contributed by atoms with Crippen molar-refractivity contribution in [1.82, 2.24) is 0 Å². The molecule has 0 unspecified atom stereocenters. The van der Waals surface area contributed by atoms with E-state index in [1.807, 2.05) is 0 Å². The first-order valence-corrected chi connectivity index (χ1v) is 17.7. The molecule has 0 aliphatic heterocycles. The third-order valence-electron chi connectivity index (χ3n) is 13.2. The lowest BCUT2D eigenvalue weighted by Crippen LogP contribution is -2.51. The van der Waals surface area contributed by atoms with Crippen LogP contribution in [0.4, 0.5) is 0 Å². The van der Waals surface area contributed by atoms with Crippen molar-refractivity contribution in [3.8, 4) is 0 Å². The first-order valence-electron chi connectivity index (χ1n) is 17.7. The molecule has 0 radical (unpaired) electrons. The van der Waals surface area contributed by atoms with E-state index < -0.39 is 0 Å². The molecule has 8 fully saturated rings. The Labute approximate surface area is 261 Å². The van der Waals surface area contributed by atoms with Crippen molar-refractivity contribution in [3.05, 3.63) is 60.2 Å². The van der Waals surface area contributed by atoms with Gasteiger partial charge in [-0.3, -0.25) is 9.59 Å². The minimum absolute atomic E-state index is 0.0248. The molecule has 8 aliphatic rings. The number of hydrogen-bond donors (Lipinski definition) is 0. The lowest BCUT2D eigenvalue weighted by molar-refractivity contribution is -0.177. The van der Waals surface area contributed by atoms with Crippen LogP contribution in [-0.2, 0) is 25.5 Å². The molecule has 0 aromatic heterocycles. The van der Waals surface area contributed by atoms with Gasteiger partial charge in [-0.05, 0) is 152 Å². The molecule has 44 heavy (non-hydrogen) atoms. The van der Waals surface area contributed by atoms with Gasteiger partial charge < -0.3 is 9.47 Å². The summed E-state index contributed by atoms with van der Waals surface area (Å²) in [5, 5.41) is 4.90. The van der Waals surface area contributed by atoms with Crippen molar-refractivity contribution in [1.29, 1.82) is 0 Å². The van der Waals surface area contributed by atoms with E-state index in [4.69, 9.17) is 9.47 Å². The SMILES string of the molecule is O=C(OCC(COC(=O)C12CC3CC(CC(C3)C1)C2)Cc1c2ccccc2cc2ccccc12)C12CC3CC(CC(C3)C1)C2. The molecule has 8 aliphatic carbocycles. The monoisotopic (exact) mass is 590 g/mol. The Morgan fingerprint density at radius 2 is 0.955 bits per heavy atom. The number of esters is 2. The standard InChI is InChI=1S/C40H46O4/c41-37(39-17-25-9-26(18-39)11-27(10-25)19-39)43-23-31(24-44-38(42)40-20-28-12-29(21-40)14-30(13-28)22-40)15-36-34-7-3-1-5-32(34)16-33-6-2-4-8-35(33)36/h1-8,16,25-31H,9-15,17-24H2. The van der Waals surface area contributed by atoms with Gasteiger partial charge in [0.1, 0.15) is 0 Å².